The molecule has 3 N–H and O–H groups in total. The molecule has 3 nitrogen and oxygen atoms in total. The maximum absolute atomic E-state index is 12.1. The third-order valence-corrected chi connectivity index (χ3v) is 3.40. The Hall–Kier alpha value is -0.870. The number of halogens is 1. The molecule has 0 aliphatic heterocycles. The molecule has 0 heterocycles. The molecule has 1 rings (SSSR count). The van der Waals surface area contributed by atoms with E-state index in [0.717, 1.165) is 10.0 Å². The standard InChI is InChI=1S/C13H19BrN2O/c1-8(2)12(7-15)16-13(17)10-5-4-9(3)6-11(10)14/h4-6,8,12H,7,15H2,1-3H3,(H,16,17). The van der Waals surface area contributed by atoms with Gasteiger partial charge in [0, 0.05) is 17.1 Å². The third-order valence-electron chi connectivity index (χ3n) is 2.74. The van der Waals surface area contributed by atoms with Crippen molar-refractivity contribution in [1.82, 2.24) is 5.32 Å². The highest BCUT2D eigenvalue weighted by Crippen LogP contribution is 2.18. The maximum atomic E-state index is 12.1. The van der Waals surface area contributed by atoms with E-state index in [1.807, 2.05) is 39.0 Å². The van der Waals surface area contributed by atoms with Crippen molar-refractivity contribution in [3.05, 3.63) is 33.8 Å². The monoisotopic (exact) mass is 298 g/mol. The van der Waals surface area contributed by atoms with E-state index in [1.54, 1.807) is 0 Å². The van der Waals surface area contributed by atoms with Gasteiger partial charge in [0.25, 0.3) is 5.91 Å². The Bertz CT molecular complexity index is 404. The van der Waals surface area contributed by atoms with Crippen molar-refractivity contribution < 1.29 is 4.79 Å². The number of hydrogen-bond donors (Lipinski definition) is 2. The minimum absolute atomic E-state index is 0.00991. The van der Waals surface area contributed by atoms with Gasteiger partial charge in [0.2, 0.25) is 0 Å². The number of nitrogens with two attached hydrogens (primary N) is 1. The first kappa shape index (κ1) is 14.2. The van der Waals surface area contributed by atoms with E-state index in [4.69, 9.17) is 5.73 Å². The van der Waals surface area contributed by atoms with E-state index in [1.165, 1.54) is 0 Å². The number of carbonyl (C=O) groups excluding carboxylic acids is 1. The molecule has 1 aromatic carbocycles. The number of nitrogens with one attached hydrogen (secondary N) is 1. The lowest BCUT2D eigenvalue weighted by Gasteiger charge is -2.20. The van der Waals surface area contributed by atoms with Gasteiger partial charge in [-0.2, -0.15) is 0 Å². The van der Waals surface area contributed by atoms with Crippen LogP contribution in [0.1, 0.15) is 29.8 Å². The minimum atomic E-state index is -0.0824. The largest absolute Gasteiger partial charge is 0.348 e. The Kier molecular flexibility index (Phi) is 5.15. The summed E-state index contributed by atoms with van der Waals surface area (Å²) in [4.78, 5) is 12.1. The van der Waals surface area contributed by atoms with Crippen LogP contribution in [0.3, 0.4) is 0 Å². The summed E-state index contributed by atoms with van der Waals surface area (Å²) in [5.74, 6) is 0.245. The molecule has 0 aliphatic rings. The molecule has 0 bridgehead atoms. The molecule has 4 heteroatoms. The fraction of sp³-hybridized carbons (Fsp3) is 0.462. The Morgan fingerprint density at radius 3 is 2.59 bits per heavy atom. The van der Waals surface area contributed by atoms with Gasteiger partial charge in [-0.15, -0.1) is 0 Å². The Balaban J connectivity index is 2.82. The molecule has 1 aromatic rings. The van der Waals surface area contributed by atoms with Crippen LogP contribution in [0.2, 0.25) is 0 Å². The van der Waals surface area contributed by atoms with Crippen LogP contribution in [0.25, 0.3) is 0 Å². The summed E-state index contributed by atoms with van der Waals surface area (Å²) < 4.78 is 0.814. The van der Waals surface area contributed by atoms with Gasteiger partial charge in [0.1, 0.15) is 0 Å². The molecule has 0 fully saturated rings. The van der Waals surface area contributed by atoms with Gasteiger partial charge < -0.3 is 11.1 Å². The highest BCUT2D eigenvalue weighted by Gasteiger charge is 2.17. The molecule has 1 atom stereocenters. The van der Waals surface area contributed by atoms with Crippen molar-refractivity contribution in [3.63, 3.8) is 0 Å². The molecule has 0 radical (unpaired) electrons. The highest BCUT2D eigenvalue weighted by molar-refractivity contribution is 9.10. The van der Waals surface area contributed by atoms with Crippen molar-refractivity contribution in [2.45, 2.75) is 26.8 Å². The van der Waals surface area contributed by atoms with Gasteiger partial charge in [-0.05, 0) is 46.5 Å². The first-order valence-electron chi connectivity index (χ1n) is 5.72. The zero-order valence-electron chi connectivity index (χ0n) is 10.5. The van der Waals surface area contributed by atoms with Crippen LogP contribution in [0, 0.1) is 12.8 Å². The van der Waals surface area contributed by atoms with Crippen LogP contribution < -0.4 is 11.1 Å². The van der Waals surface area contributed by atoms with Crippen molar-refractivity contribution in [1.29, 1.82) is 0 Å². The number of carbonyl (C=O) groups is 1. The van der Waals surface area contributed by atoms with E-state index in [9.17, 15) is 4.79 Å². The smallest absolute Gasteiger partial charge is 0.252 e. The van der Waals surface area contributed by atoms with Crippen molar-refractivity contribution in [3.8, 4) is 0 Å². The number of hydrogen-bond acceptors (Lipinski definition) is 2. The van der Waals surface area contributed by atoms with Crippen LogP contribution in [-0.2, 0) is 0 Å². The summed E-state index contributed by atoms with van der Waals surface area (Å²) >= 11 is 3.40. The fourth-order valence-electron chi connectivity index (χ4n) is 1.55. The number of aryl methyl sites for hydroxylation is 1. The predicted octanol–water partition coefficient (Wildman–Crippen LogP) is 2.47. The minimum Gasteiger partial charge on any atom is -0.348 e. The summed E-state index contributed by atoms with van der Waals surface area (Å²) in [6.07, 6.45) is 0. The lowest BCUT2D eigenvalue weighted by atomic mass is 10.0. The molecular weight excluding hydrogens is 280 g/mol. The van der Waals surface area contributed by atoms with Crippen LogP contribution in [-0.4, -0.2) is 18.5 Å². The normalized spacial score (nSPS) is 12.6. The lowest BCUT2D eigenvalue weighted by molar-refractivity contribution is 0.0927. The predicted molar refractivity (Wildman–Crippen MR) is 74.0 cm³/mol. The van der Waals surface area contributed by atoms with Crippen molar-refractivity contribution >= 4 is 21.8 Å². The summed E-state index contributed by atoms with van der Waals surface area (Å²) in [5, 5.41) is 2.95. The first-order chi connectivity index (χ1) is 7.95. The maximum Gasteiger partial charge on any atom is 0.252 e. The second kappa shape index (κ2) is 6.17. The van der Waals surface area contributed by atoms with Crippen LogP contribution in [0.5, 0.6) is 0 Å². The van der Waals surface area contributed by atoms with Crippen LogP contribution >= 0.6 is 15.9 Å². The Labute approximate surface area is 111 Å². The van der Waals surface area contributed by atoms with Gasteiger partial charge in [0.15, 0.2) is 0 Å². The van der Waals surface area contributed by atoms with Gasteiger partial charge in [-0.25, -0.2) is 0 Å². The topological polar surface area (TPSA) is 55.1 Å². The fourth-order valence-corrected chi connectivity index (χ4v) is 2.22. The summed E-state index contributed by atoms with van der Waals surface area (Å²) in [6.45, 7) is 6.53. The Morgan fingerprint density at radius 2 is 2.12 bits per heavy atom. The van der Waals surface area contributed by atoms with Gasteiger partial charge in [0.05, 0.1) is 5.56 Å². The zero-order valence-corrected chi connectivity index (χ0v) is 12.0. The van der Waals surface area contributed by atoms with Crippen molar-refractivity contribution in [2.75, 3.05) is 6.54 Å². The number of amides is 1. The van der Waals surface area contributed by atoms with Gasteiger partial charge in [-0.3, -0.25) is 4.79 Å². The molecule has 0 aliphatic carbocycles. The van der Waals surface area contributed by atoms with E-state index in [2.05, 4.69) is 21.2 Å². The van der Waals surface area contributed by atoms with Crippen LogP contribution in [0.4, 0.5) is 0 Å². The first-order valence-corrected chi connectivity index (χ1v) is 6.52. The van der Waals surface area contributed by atoms with Crippen molar-refractivity contribution in [2.24, 2.45) is 11.7 Å². The summed E-state index contributed by atoms with van der Waals surface area (Å²) in [7, 11) is 0. The summed E-state index contributed by atoms with van der Waals surface area (Å²) in [6, 6.07) is 5.69. The third kappa shape index (κ3) is 3.82. The van der Waals surface area contributed by atoms with Gasteiger partial charge >= 0.3 is 0 Å². The average molecular weight is 299 g/mol. The molecule has 94 valence electrons. The average Bonchev–Trinajstić information content (AvgIpc) is 2.24. The molecular formula is C13H19BrN2O. The molecule has 0 aromatic heterocycles. The quantitative estimate of drug-likeness (QED) is 0.897. The SMILES string of the molecule is Cc1ccc(C(=O)NC(CN)C(C)C)c(Br)c1. The molecule has 0 spiro atoms. The molecule has 1 unspecified atom stereocenters. The second-order valence-electron chi connectivity index (χ2n) is 4.54. The van der Waals surface area contributed by atoms with E-state index >= 15 is 0 Å². The van der Waals surface area contributed by atoms with E-state index in [0.29, 0.717) is 18.0 Å². The zero-order chi connectivity index (χ0) is 13.0. The summed E-state index contributed by atoms with van der Waals surface area (Å²) in [5.41, 5.74) is 7.40. The van der Waals surface area contributed by atoms with E-state index < -0.39 is 0 Å². The van der Waals surface area contributed by atoms with Gasteiger partial charge in [-0.1, -0.05) is 19.9 Å². The Morgan fingerprint density at radius 1 is 1.47 bits per heavy atom. The number of benzene rings is 1. The second-order valence-corrected chi connectivity index (χ2v) is 5.40. The molecule has 1 amide bonds. The van der Waals surface area contributed by atoms with E-state index in [-0.39, 0.29) is 11.9 Å². The lowest BCUT2D eigenvalue weighted by Crippen LogP contribution is -2.43. The van der Waals surface area contributed by atoms with Crippen LogP contribution in [0.15, 0.2) is 22.7 Å². The molecule has 0 saturated heterocycles. The highest BCUT2D eigenvalue weighted by atomic mass is 79.9. The molecule has 17 heavy (non-hydrogen) atoms. The number of rotatable bonds is 4. The molecule has 0 saturated carbocycles.